The van der Waals surface area contributed by atoms with Crippen LogP contribution in [0.15, 0.2) is 24.3 Å². The van der Waals surface area contributed by atoms with E-state index >= 15 is 0 Å². The molecular formula is C52H88N10O15. The first kappa shape index (κ1) is 64.4. The van der Waals surface area contributed by atoms with Crippen LogP contribution in [0.4, 0.5) is 0 Å². The highest BCUT2D eigenvalue weighted by molar-refractivity contribution is 5.98. The molecule has 0 bridgehead atoms. The molecule has 3 saturated heterocycles. The number of aliphatic hydroxyl groups is 7. The number of phenolic OH excluding ortho intramolecular Hbond substituents is 1. The molecule has 3 aliphatic rings. The Labute approximate surface area is 450 Å². The number of unbranched alkanes of at least 4 members (excludes halogenated alkanes) is 5. The summed E-state index contributed by atoms with van der Waals surface area (Å²) in [4.78, 5) is 102. The van der Waals surface area contributed by atoms with Gasteiger partial charge in [0.1, 0.15) is 60.4 Å². The van der Waals surface area contributed by atoms with Crippen LogP contribution in [0.25, 0.3) is 0 Å². The maximum Gasteiger partial charge on any atom is 0.248 e. The molecule has 3 heterocycles. The van der Waals surface area contributed by atoms with Gasteiger partial charge in [-0.15, -0.1) is 0 Å². The number of hydrogen-bond acceptors (Lipinski definition) is 18. The molecule has 0 spiro atoms. The molecule has 0 aliphatic carbocycles. The van der Waals surface area contributed by atoms with Crippen molar-refractivity contribution in [2.45, 2.75) is 203 Å². The van der Waals surface area contributed by atoms with Crippen molar-refractivity contribution < 1.29 is 74.4 Å². The number of hydrogen-bond donors (Lipinski definition) is 16. The predicted molar refractivity (Wildman–Crippen MR) is 280 cm³/mol. The number of aromatic hydroxyl groups is 1. The molecule has 1 aromatic carbocycles. The summed E-state index contributed by atoms with van der Waals surface area (Å²) < 4.78 is 0. The van der Waals surface area contributed by atoms with E-state index in [1.54, 1.807) is 0 Å². The Morgan fingerprint density at radius 3 is 1.97 bits per heavy atom. The van der Waals surface area contributed by atoms with Crippen molar-refractivity contribution in [2.75, 3.05) is 32.7 Å². The highest BCUT2D eigenvalue weighted by Gasteiger charge is 2.49. The molecular weight excluding hydrogens is 1000 g/mol. The summed E-state index contributed by atoms with van der Waals surface area (Å²) in [5.74, 6) is -6.43. The van der Waals surface area contributed by atoms with Gasteiger partial charge in [0.15, 0.2) is 0 Å². The summed E-state index contributed by atoms with van der Waals surface area (Å²) in [6.07, 6.45) is -6.95. The molecule has 25 nitrogen and oxygen atoms in total. The lowest BCUT2D eigenvalue weighted by Crippen LogP contribution is -2.65. The molecule has 1 aromatic rings. The van der Waals surface area contributed by atoms with Crippen LogP contribution in [-0.4, -0.2) is 204 Å². The summed E-state index contributed by atoms with van der Waals surface area (Å²) in [6, 6.07) is -6.40. The number of carbonyl (C=O) groups excluding carboxylic acids is 7. The van der Waals surface area contributed by atoms with Gasteiger partial charge in [0.25, 0.3) is 0 Å². The number of fused-ring (bicyclic) bond motifs is 2. The Morgan fingerprint density at radius 1 is 0.714 bits per heavy atom. The molecule has 3 fully saturated rings. The fourth-order valence-corrected chi connectivity index (χ4v) is 10.2. The van der Waals surface area contributed by atoms with Crippen LogP contribution < -0.4 is 43.4 Å². The number of amides is 7. The summed E-state index contributed by atoms with van der Waals surface area (Å²) in [7, 11) is 0. The number of aliphatic hydroxyl groups excluding tert-OH is 7. The number of benzene rings is 1. The molecule has 0 saturated carbocycles. The van der Waals surface area contributed by atoms with Crippen LogP contribution in [0.1, 0.15) is 129 Å². The first-order valence-corrected chi connectivity index (χ1v) is 27.3. The zero-order valence-corrected chi connectivity index (χ0v) is 45.0. The molecule has 25 heteroatoms. The monoisotopic (exact) mass is 1090 g/mol. The van der Waals surface area contributed by atoms with Gasteiger partial charge in [-0.2, -0.15) is 0 Å². The van der Waals surface area contributed by atoms with E-state index in [1.165, 1.54) is 30.7 Å². The molecule has 15 unspecified atom stereocenters. The summed E-state index contributed by atoms with van der Waals surface area (Å²) in [5, 5.41) is 104. The second-order valence-electron chi connectivity index (χ2n) is 21.3. The number of nitrogens with two attached hydrogens (primary N) is 2. The van der Waals surface area contributed by atoms with E-state index in [0.717, 1.165) is 55.2 Å². The first-order chi connectivity index (χ1) is 36.5. The molecule has 3 aliphatic heterocycles. The van der Waals surface area contributed by atoms with Crippen molar-refractivity contribution in [2.24, 2.45) is 23.3 Å². The van der Waals surface area contributed by atoms with E-state index in [9.17, 15) is 74.4 Å². The van der Waals surface area contributed by atoms with Crippen molar-refractivity contribution >= 4 is 41.4 Å². The van der Waals surface area contributed by atoms with E-state index in [1.807, 2.05) is 0 Å². The fourth-order valence-electron chi connectivity index (χ4n) is 10.2. The molecule has 0 radical (unpaired) electrons. The maximum atomic E-state index is 14.6. The average molecular weight is 1090 g/mol. The molecule has 77 heavy (non-hydrogen) atoms. The van der Waals surface area contributed by atoms with E-state index in [0.29, 0.717) is 24.7 Å². The third-order valence-electron chi connectivity index (χ3n) is 14.9. The third kappa shape index (κ3) is 18.8. The van der Waals surface area contributed by atoms with Crippen LogP contribution in [0.5, 0.6) is 5.75 Å². The number of carbonyl (C=O) groups is 7. The van der Waals surface area contributed by atoms with Crippen molar-refractivity contribution in [3.63, 3.8) is 0 Å². The second kappa shape index (κ2) is 31.5. The van der Waals surface area contributed by atoms with Crippen LogP contribution in [-0.2, 0) is 33.6 Å². The van der Waals surface area contributed by atoms with Crippen LogP contribution >= 0.6 is 0 Å². The lowest BCUT2D eigenvalue weighted by atomic mass is 9.91. The number of rotatable bonds is 23. The zero-order chi connectivity index (χ0) is 57.1. The lowest BCUT2D eigenvalue weighted by molar-refractivity contribution is -0.148. The third-order valence-corrected chi connectivity index (χ3v) is 14.9. The van der Waals surface area contributed by atoms with Gasteiger partial charge in [0, 0.05) is 45.4 Å². The Balaban J connectivity index is 1.73. The van der Waals surface area contributed by atoms with Crippen LogP contribution in [0.2, 0.25) is 0 Å². The van der Waals surface area contributed by atoms with Crippen molar-refractivity contribution in [1.29, 1.82) is 0 Å². The highest BCUT2D eigenvalue weighted by atomic mass is 16.3. The molecule has 0 aromatic heterocycles. The Morgan fingerprint density at radius 2 is 1.34 bits per heavy atom. The SMILES string of the molecule is CCC(C)CC(C)CCCCCCCCC(=O)N[C@H]1CC(O)C(NCCN)NC(=O)C2C(O)CCN2C(=O)C(C(O)CCN)NC(=O)C(C(O)C(O)c2ccc(O)cc2)NC(=O)C2CC(O)CN2C(=O)C(C(C)O)NC1=O. The maximum absolute atomic E-state index is 14.6. The molecule has 7 amide bonds. The van der Waals surface area contributed by atoms with Gasteiger partial charge in [-0.25, -0.2) is 0 Å². The van der Waals surface area contributed by atoms with E-state index in [-0.39, 0.29) is 56.8 Å². The van der Waals surface area contributed by atoms with Crippen LogP contribution in [0.3, 0.4) is 0 Å². The normalized spacial score (nSPS) is 28.6. The summed E-state index contributed by atoms with van der Waals surface area (Å²) >= 11 is 0. The molecule has 436 valence electrons. The van der Waals surface area contributed by atoms with E-state index < -0.39 is 146 Å². The second-order valence-corrected chi connectivity index (χ2v) is 21.3. The minimum absolute atomic E-state index is 0.0257. The smallest absolute Gasteiger partial charge is 0.248 e. The van der Waals surface area contributed by atoms with Crippen molar-refractivity contribution in [1.82, 2.24) is 41.7 Å². The standard InChI is InChI=1S/C52H88N10O15/c1-5-28(2)24-29(3)12-10-8-6-7-9-11-13-39(69)56-34-26-38(68)46(55-22-21-54)60-50(75)43-37(67)19-23-61(43)52(77)41(36(66)18-20-53)58-49(74)42(45(71)44(70)31-14-16-32(64)17-15-31)59-48(73)35-25-33(65)27-62(35)51(76)40(30(4)63)57-47(34)72/h14-17,28-30,33-38,40-46,55,63-68,70-71H,5-13,18-27,53-54H2,1-4H3,(H,56,69)(H,57,72)(H,58,74)(H,59,73)(H,60,75)/t28?,29?,30?,33?,34-,35?,36?,37?,38?,40?,41?,42?,43?,44?,45?,46?/m0/s1. The van der Waals surface area contributed by atoms with Crippen molar-refractivity contribution in [3.05, 3.63) is 29.8 Å². The Bertz CT molecular complexity index is 2070. The molecule has 16 atom stereocenters. The molecule has 4 rings (SSSR count). The number of nitrogens with zero attached hydrogens (tertiary/aromatic N) is 2. The quantitative estimate of drug-likeness (QED) is 0.0477. The first-order valence-electron chi connectivity index (χ1n) is 27.3. The number of nitrogens with one attached hydrogen (secondary N) is 6. The minimum Gasteiger partial charge on any atom is -0.508 e. The van der Waals surface area contributed by atoms with Gasteiger partial charge in [0.2, 0.25) is 41.4 Å². The van der Waals surface area contributed by atoms with Gasteiger partial charge in [-0.1, -0.05) is 77.8 Å². The molecule has 18 N–H and O–H groups in total. The largest absolute Gasteiger partial charge is 0.508 e. The summed E-state index contributed by atoms with van der Waals surface area (Å²) in [6.45, 7) is 6.73. The minimum atomic E-state index is -2.28. The van der Waals surface area contributed by atoms with E-state index in [4.69, 9.17) is 11.5 Å². The van der Waals surface area contributed by atoms with Gasteiger partial charge in [0.05, 0.1) is 30.5 Å². The van der Waals surface area contributed by atoms with Gasteiger partial charge in [-0.05, 0) is 68.7 Å². The van der Waals surface area contributed by atoms with Gasteiger partial charge < -0.3 is 88.7 Å². The van der Waals surface area contributed by atoms with Gasteiger partial charge in [-0.3, -0.25) is 38.9 Å². The highest BCUT2D eigenvalue weighted by Crippen LogP contribution is 2.27. The Hall–Kier alpha value is -5.09. The topological polar surface area (TPSA) is 412 Å². The van der Waals surface area contributed by atoms with E-state index in [2.05, 4.69) is 52.7 Å². The van der Waals surface area contributed by atoms with Gasteiger partial charge >= 0.3 is 0 Å². The fraction of sp³-hybridized carbons (Fsp3) is 0.750. The summed E-state index contributed by atoms with van der Waals surface area (Å²) in [5.41, 5.74) is 11.5. The number of phenols is 1. The van der Waals surface area contributed by atoms with Crippen LogP contribution in [0, 0.1) is 11.8 Å². The Kier molecular flexibility index (Phi) is 26.4. The predicted octanol–water partition coefficient (Wildman–Crippen LogP) is -3.31. The lowest BCUT2D eigenvalue weighted by Gasteiger charge is -2.35. The van der Waals surface area contributed by atoms with Crippen molar-refractivity contribution in [3.8, 4) is 5.75 Å². The average Bonchev–Trinajstić information content (AvgIpc) is 3.99. The zero-order valence-electron chi connectivity index (χ0n) is 45.0.